The van der Waals surface area contributed by atoms with E-state index in [2.05, 4.69) is 4.98 Å². The number of nitrogens with zero attached hydrogens (tertiary/aromatic N) is 1. The Balaban J connectivity index is 0.000000254. The van der Waals surface area contributed by atoms with Crippen LogP contribution in [0.4, 0.5) is 24.5 Å². The van der Waals surface area contributed by atoms with Gasteiger partial charge < -0.3 is 16.6 Å². The number of carbonyl (C=O) groups is 1. The molecule has 3 aromatic rings. The Bertz CT molecular complexity index is 930. The third-order valence-corrected chi connectivity index (χ3v) is 4.49. The molecule has 0 saturated carbocycles. The third kappa shape index (κ3) is 4.23. The van der Waals surface area contributed by atoms with Crippen molar-refractivity contribution >= 4 is 38.9 Å². The lowest BCUT2D eigenvalue weighted by atomic mass is 10.1. The molecule has 0 amide bonds. The smallest absolute Gasteiger partial charge is 0.417 e. The number of aromatic carboxylic acids is 1. The topological polar surface area (TPSA) is 102 Å². The van der Waals surface area contributed by atoms with Gasteiger partial charge in [0.15, 0.2) is 0 Å². The Hall–Kier alpha value is -2.81. The number of pyridine rings is 1. The maximum atomic E-state index is 12.9. The van der Waals surface area contributed by atoms with Gasteiger partial charge in [-0.15, -0.1) is 11.3 Å². The maximum absolute atomic E-state index is 12.9. The van der Waals surface area contributed by atoms with Gasteiger partial charge in [0.1, 0.15) is 9.71 Å². The van der Waals surface area contributed by atoms with Gasteiger partial charge in [-0.3, -0.25) is 0 Å². The standard InChI is InChI=1S/C10H7F3N2O2S.C7H9N/c1-3-2-4(10(11,12)13)5-6(14)7(9(16)17)18-8(5)15-3;1-6-2-4-7(8)5-3-6/h2H,14H2,1H3,(H,16,17);2-5H,8H2,1H3. The highest BCUT2D eigenvalue weighted by Crippen LogP contribution is 2.41. The van der Waals surface area contributed by atoms with E-state index in [1.807, 2.05) is 31.2 Å². The summed E-state index contributed by atoms with van der Waals surface area (Å²) in [5.41, 5.74) is 11.8. The molecule has 0 spiro atoms. The van der Waals surface area contributed by atoms with Crippen LogP contribution in [0, 0.1) is 13.8 Å². The Labute approximate surface area is 151 Å². The van der Waals surface area contributed by atoms with E-state index < -0.39 is 17.7 Å². The highest BCUT2D eigenvalue weighted by molar-refractivity contribution is 7.21. The normalized spacial score (nSPS) is 11.1. The molecule has 0 saturated heterocycles. The van der Waals surface area contributed by atoms with Gasteiger partial charge in [0.05, 0.1) is 11.3 Å². The molecule has 138 valence electrons. The second-order valence-corrected chi connectivity index (χ2v) is 6.55. The molecule has 9 heteroatoms. The number of benzene rings is 1. The van der Waals surface area contributed by atoms with E-state index in [0.29, 0.717) is 11.3 Å². The summed E-state index contributed by atoms with van der Waals surface area (Å²) < 4.78 is 38.6. The van der Waals surface area contributed by atoms with Gasteiger partial charge in [-0.05, 0) is 32.0 Å². The summed E-state index contributed by atoms with van der Waals surface area (Å²) in [7, 11) is 0. The molecule has 5 nitrogen and oxygen atoms in total. The summed E-state index contributed by atoms with van der Waals surface area (Å²) >= 11 is 0.641. The van der Waals surface area contributed by atoms with Crippen molar-refractivity contribution in [1.82, 2.24) is 4.98 Å². The number of thiophene rings is 1. The van der Waals surface area contributed by atoms with Crippen LogP contribution in [0.25, 0.3) is 10.2 Å². The molecule has 1 aromatic carbocycles. The zero-order chi connectivity index (χ0) is 19.6. The van der Waals surface area contributed by atoms with Crippen LogP contribution in [-0.2, 0) is 6.18 Å². The predicted octanol–water partition coefficient (Wildman–Crippen LogP) is 4.48. The molecular weight excluding hydrogens is 367 g/mol. The number of alkyl halides is 3. The highest BCUT2D eigenvalue weighted by Gasteiger charge is 2.35. The third-order valence-electron chi connectivity index (χ3n) is 3.40. The van der Waals surface area contributed by atoms with Crippen molar-refractivity contribution in [1.29, 1.82) is 0 Å². The molecule has 2 aromatic heterocycles. The van der Waals surface area contributed by atoms with Crippen LogP contribution in [0.1, 0.15) is 26.5 Å². The highest BCUT2D eigenvalue weighted by atomic mass is 32.1. The zero-order valence-electron chi connectivity index (χ0n) is 13.9. The molecule has 5 N–H and O–H groups in total. The van der Waals surface area contributed by atoms with E-state index in [1.54, 1.807) is 0 Å². The SMILES string of the molecule is Cc1cc(C(F)(F)F)c2c(N)c(C(=O)O)sc2n1.Cc1ccc(N)cc1. The monoisotopic (exact) mass is 383 g/mol. The number of anilines is 2. The van der Waals surface area contributed by atoms with Gasteiger partial charge in [-0.2, -0.15) is 13.2 Å². The maximum Gasteiger partial charge on any atom is 0.417 e. The van der Waals surface area contributed by atoms with Crippen molar-refractivity contribution in [2.75, 3.05) is 11.5 Å². The second-order valence-electron chi connectivity index (χ2n) is 5.55. The first-order valence-electron chi connectivity index (χ1n) is 7.33. The molecule has 0 atom stereocenters. The van der Waals surface area contributed by atoms with Crippen LogP contribution in [0.2, 0.25) is 0 Å². The number of carboxylic acids is 1. The molecule has 0 fully saturated rings. The lowest BCUT2D eigenvalue weighted by Gasteiger charge is -2.09. The summed E-state index contributed by atoms with van der Waals surface area (Å²) in [6, 6.07) is 8.65. The molecule has 0 unspecified atom stereocenters. The van der Waals surface area contributed by atoms with E-state index in [0.717, 1.165) is 11.8 Å². The number of hydrogen-bond acceptors (Lipinski definition) is 5. The number of fused-ring (bicyclic) bond motifs is 1. The van der Waals surface area contributed by atoms with Crippen molar-refractivity contribution in [3.05, 3.63) is 52.0 Å². The lowest BCUT2D eigenvalue weighted by Crippen LogP contribution is -2.08. The molecular formula is C17H16F3N3O2S. The average molecular weight is 383 g/mol. The van der Waals surface area contributed by atoms with Crippen molar-refractivity contribution in [3.63, 3.8) is 0 Å². The van der Waals surface area contributed by atoms with Gasteiger partial charge in [0.25, 0.3) is 0 Å². The molecule has 26 heavy (non-hydrogen) atoms. The van der Waals surface area contributed by atoms with Gasteiger partial charge in [-0.1, -0.05) is 17.7 Å². The fourth-order valence-corrected chi connectivity index (χ4v) is 3.20. The minimum atomic E-state index is -4.60. The van der Waals surface area contributed by atoms with Crippen molar-refractivity contribution in [2.24, 2.45) is 0 Å². The molecule has 0 aliphatic heterocycles. The van der Waals surface area contributed by atoms with Crippen LogP contribution >= 0.6 is 11.3 Å². The summed E-state index contributed by atoms with van der Waals surface area (Å²) in [5.74, 6) is -1.36. The fraction of sp³-hybridized carbons (Fsp3) is 0.176. The van der Waals surface area contributed by atoms with E-state index in [-0.39, 0.29) is 26.5 Å². The van der Waals surface area contributed by atoms with E-state index in [9.17, 15) is 18.0 Å². The zero-order valence-corrected chi connectivity index (χ0v) is 14.7. The molecule has 0 radical (unpaired) electrons. The molecule has 2 heterocycles. The number of halogens is 3. The number of carboxylic acid groups (broad SMARTS) is 1. The van der Waals surface area contributed by atoms with E-state index in [1.165, 1.54) is 12.5 Å². The Morgan fingerprint density at radius 3 is 2.19 bits per heavy atom. The Morgan fingerprint density at radius 1 is 1.15 bits per heavy atom. The summed E-state index contributed by atoms with van der Waals surface area (Å²) in [6.45, 7) is 3.45. The van der Waals surface area contributed by atoms with Crippen LogP contribution in [0.15, 0.2) is 30.3 Å². The van der Waals surface area contributed by atoms with Gasteiger partial charge in [-0.25, -0.2) is 9.78 Å². The second kappa shape index (κ2) is 7.20. The summed E-state index contributed by atoms with van der Waals surface area (Å²) in [6.07, 6.45) is -4.60. The largest absolute Gasteiger partial charge is 0.477 e. The van der Waals surface area contributed by atoms with Crippen LogP contribution < -0.4 is 11.5 Å². The molecule has 0 bridgehead atoms. The van der Waals surface area contributed by atoms with Crippen LogP contribution in [0.3, 0.4) is 0 Å². The first-order chi connectivity index (χ1) is 12.0. The number of aromatic nitrogens is 1. The number of nitrogen functional groups attached to an aromatic ring is 2. The summed E-state index contributed by atoms with van der Waals surface area (Å²) in [4.78, 5) is 14.4. The fourth-order valence-electron chi connectivity index (χ4n) is 2.19. The first-order valence-corrected chi connectivity index (χ1v) is 8.14. The number of nitrogens with two attached hydrogens (primary N) is 2. The molecule has 0 aliphatic rings. The number of hydrogen-bond donors (Lipinski definition) is 3. The summed E-state index contributed by atoms with van der Waals surface area (Å²) in [5, 5.41) is 8.51. The first kappa shape index (κ1) is 19.5. The van der Waals surface area contributed by atoms with Crippen molar-refractivity contribution < 1.29 is 23.1 Å². The average Bonchev–Trinajstić information content (AvgIpc) is 2.86. The lowest BCUT2D eigenvalue weighted by molar-refractivity contribution is -0.136. The number of aryl methyl sites for hydroxylation is 2. The minimum absolute atomic E-state index is 0.0165. The Morgan fingerprint density at radius 2 is 1.73 bits per heavy atom. The Kier molecular flexibility index (Phi) is 5.41. The van der Waals surface area contributed by atoms with Crippen molar-refractivity contribution in [3.8, 4) is 0 Å². The predicted molar refractivity (Wildman–Crippen MR) is 96.3 cm³/mol. The molecule has 0 aliphatic carbocycles. The van der Waals surface area contributed by atoms with Crippen molar-refractivity contribution in [2.45, 2.75) is 20.0 Å². The van der Waals surface area contributed by atoms with E-state index in [4.69, 9.17) is 16.6 Å². The van der Waals surface area contributed by atoms with E-state index >= 15 is 0 Å². The minimum Gasteiger partial charge on any atom is -0.477 e. The van der Waals surface area contributed by atoms with Gasteiger partial charge >= 0.3 is 12.1 Å². The van der Waals surface area contributed by atoms with Crippen LogP contribution in [-0.4, -0.2) is 16.1 Å². The van der Waals surface area contributed by atoms with Gasteiger partial charge in [0.2, 0.25) is 0 Å². The quantitative estimate of drug-likeness (QED) is 0.538. The molecule has 3 rings (SSSR count). The van der Waals surface area contributed by atoms with Gasteiger partial charge in [0, 0.05) is 16.8 Å². The number of rotatable bonds is 1. The van der Waals surface area contributed by atoms with Crippen LogP contribution in [0.5, 0.6) is 0 Å².